The van der Waals surface area contributed by atoms with Gasteiger partial charge in [-0.2, -0.15) is 12.6 Å². The molecule has 0 amide bonds. The summed E-state index contributed by atoms with van der Waals surface area (Å²) in [7, 11) is 0. The molecule has 2 aliphatic rings. The van der Waals surface area contributed by atoms with Crippen LogP contribution in [-0.2, 0) is 4.74 Å². The van der Waals surface area contributed by atoms with Crippen LogP contribution in [0.15, 0.2) is 0 Å². The minimum atomic E-state index is 0.563. The van der Waals surface area contributed by atoms with Crippen LogP contribution < -0.4 is 0 Å². The third kappa shape index (κ3) is 2.26. The summed E-state index contributed by atoms with van der Waals surface area (Å²) in [5.41, 5.74) is 0.563. The Morgan fingerprint density at radius 1 is 1.50 bits per heavy atom. The van der Waals surface area contributed by atoms with Crippen molar-refractivity contribution >= 4 is 12.6 Å². The summed E-state index contributed by atoms with van der Waals surface area (Å²) in [6.07, 6.45) is 3.97. The van der Waals surface area contributed by atoms with Gasteiger partial charge in [0, 0.05) is 19.1 Å². The molecule has 0 spiro atoms. The Balaban J connectivity index is 1.88. The highest BCUT2D eigenvalue weighted by atomic mass is 32.1. The average Bonchev–Trinajstić information content (AvgIpc) is 2.99. The van der Waals surface area contributed by atoms with Crippen molar-refractivity contribution in [2.75, 3.05) is 32.1 Å². The van der Waals surface area contributed by atoms with E-state index in [4.69, 9.17) is 4.74 Å². The van der Waals surface area contributed by atoms with Crippen LogP contribution in [0.1, 0.15) is 26.2 Å². The Hall–Kier alpha value is 0.270. The fourth-order valence-electron chi connectivity index (χ4n) is 2.25. The molecule has 0 bridgehead atoms. The van der Waals surface area contributed by atoms with Crippen LogP contribution in [0.4, 0.5) is 0 Å². The molecule has 1 aliphatic carbocycles. The maximum absolute atomic E-state index is 5.51. The molecule has 1 saturated carbocycles. The summed E-state index contributed by atoms with van der Waals surface area (Å²) in [6.45, 7) is 6.47. The highest BCUT2D eigenvalue weighted by Crippen LogP contribution is 2.47. The number of morpholine rings is 1. The predicted octanol–water partition coefficient (Wildman–Crippen LogP) is 1.81. The van der Waals surface area contributed by atoms with Crippen LogP contribution in [-0.4, -0.2) is 43.0 Å². The first kappa shape index (κ1) is 10.8. The van der Waals surface area contributed by atoms with Crippen molar-refractivity contribution in [2.24, 2.45) is 5.41 Å². The van der Waals surface area contributed by atoms with Crippen LogP contribution in [0.25, 0.3) is 0 Å². The Morgan fingerprint density at radius 3 is 2.86 bits per heavy atom. The molecule has 1 aliphatic heterocycles. The third-order valence-electron chi connectivity index (χ3n) is 3.65. The Bertz CT molecular complexity index is 194. The van der Waals surface area contributed by atoms with E-state index >= 15 is 0 Å². The lowest BCUT2D eigenvalue weighted by molar-refractivity contribution is -0.0159. The minimum Gasteiger partial charge on any atom is -0.378 e. The summed E-state index contributed by atoms with van der Waals surface area (Å²) < 4.78 is 5.51. The Labute approximate surface area is 92.4 Å². The molecule has 0 aromatic carbocycles. The van der Waals surface area contributed by atoms with E-state index in [9.17, 15) is 0 Å². The maximum Gasteiger partial charge on any atom is 0.0622 e. The van der Waals surface area contributed by atoms with Crippen molar-refractivity contribution in [1.82, 2.24) is 4.90 Å². The third-order valence-corrected chi connectivity index (χ3v) is 4.32. The quantitative estimate of drug-likeness (QED) is 0.718. The number of ether oxygens (including phenoxy) is 1. The van der Waals surface area contributed by atoms with Gasteiger partial charge in [0.25, 0.3) is 0 Å². The van der Waals surface area contributed by atoms with Gasteiger partial charge in [0.05, 0.1) is 13.2 Å². The molecule has 0 aromatic rings. The molecule has 1 unspecified atom stereocenters. The van der Waals surface area contributed by atoms with E-state index in [-0.39, 0.29) is 0 Å². The van der Waals surface area contributed by atoms with Crippen molar-refractivity contribution in [3.8, 4) is 0 Å². The molecule has 3 heteroatoms. The lowest BCUT2D eigenvalue weighted by atomic mass is 10.1. The first-order chi connectivity index (χ1) is 6.79. The molecule has 2 nitrogen and oxygen atoms in total. The van der Waals surface area contributed by atoms with E-state index in [1.54, 1.807) is 0 Å². The molecule has 2 fully saturated rings. The standard InChI is InChI=1S/C11H21NOS/c1-2-10-7-13-6-5-12(10)8-11(9-14)3-4-11/h10,14H,2-9H2,1H3. The molecule has 0 aromatic heterocycles. The van der Waals surface area contributed by atoms with Crippen LogP contribution in [0.2, 0.25) is 0 Å². The van der Waals surface area contributed by atoms with E-state index in [1.165, 1.54) is 25.8 Å². The topological polar surface area (TPSA) is 12.5 Å². The molecule has 14 heavy (non-hydrogen) atoms. The zero-order chi connectivity index (χ0) is 10.0. The van der Waals surface area contributed by atoms with Crippen molar-refractivity contribution in [3.05, 3.63) is 0 Å². The normalized spacial score (nSPS) is 31.7. The number of rotatable bonds is 4. The van der Waals surface area contributed by atoms with Crippen molar-refractivity contribution in [2.45, 2.75) is 32.2 Å². The van der Waals surface area contributed by atoms with Crippen molar-refractivity contribution in [3.63, 3.8) is 0 Å². The van der Waals surface area contributed by atoms with Crippen LogP contribution in [0, 0.1) is 5.41 Å². The molecule has 82 valence electrons. The second-order valence-electron chi connectivity index (χ2n) is 4.77. The Morgan fingerprint density at radius 2 is 2.29 bits per heavy atom. The van der Waals surface area contributed by atoms with E-state index in [0.717, 1.165) is 25.5 Å². The molecule has 0 N–H and O–H groups in total. The maximum atomic E-state index is 5.51. The molecular formula is C11H21NOS. The lowest BCUT2D eigenvalue weighted by Crippen LogP contribution is -2.47. The van der Waals surface area contributed by atoms with Crippen LogP contribution >= 0.6 is 12.6 Å². The zero-order valence-corrected chi connectivity index (χ0v) is 9.93. The molecule has 2 rings (SSSR count). The fourth-order valence-corrected chi connectivity index (χ4v) is 2.66. The number of hydrogen-bond donors (Lipinski definition) is 1. The number of hydrogen-bond acceptors (Lipinski definition) is 3. The Kier molecular flexibility index (Phi) is 3.40. The summed E-state index contributed by atoms with van der Waals surface area (Å²) in [5.74, 6) is 1.06. The van der Waals surface area contributed by atoms with Crippen LogP contribution in [0.5, 0.6) is 0 Å². The highest BCUT2D eigenvalue weighted by Gasteiger charge is 2.43. The monoisotopic (exact) mass is 215 g/mol. The van der Waals surface area contributed by atoms with Gasteiger partial charge in [0.2, 0.25) is 0 Å². The first-order valence-electron chi connectivity index (χ1n) is 5.72. The number of thiol groups is 1. The highest BCUT2D eigenvalue weighted by molar-refractivity contribution is 7.80. The van der Waals surface area contributed by atoms with E-state index < -0.39 is 0 Å². The molecule has 1 heterocycles. The van der Waals surface area contributed by atoms with Gasteiger partial charge in [0.1, 0.15) is 0 Å². The van der Waals surface area contributed by atoms with Gasteiger partial charge in [-0.1, -0.05) is 6.92 Å². The second-order valence-corrected chi connectivity index (χ2v) is 5.08. The lowest BCUT2D eigenvalue weighted by Gasteiger charge is -2.37. The van der Waals surface area contributed by atoms with Gasteiger partial charge >= 0.3 is 0 Å². The van der Waals surface area contributed by atoms with Gasteiger partial charge in [0.15, 0.2) is 0 Å². The van der Waals surface area contributed by atoms with Crippen molar-refractivity contribution < 1.29 is 4.74 Å². The zero-order valence-electron chi connectivity index (χ0n) is 9.04. The fraction of sp³-hybridized carbons (Fsp3) is 1.00. The van der Waals surface area contributed by atoms with Gasteiger partial charge in [-0.25, -0.2) is 0 Å². The smallest absolute Gasteiger partial charge is 0.0622 e. The van der Waals surface area contributed by atoms with Gasteiger partial charge in [-0.3, -0.25) is 4.90 Å². The van der Waals surface area contributed by atoms with Gasteiger partial charge in [-0.15, -0.1) is 0 Å². The predicted molar refractivity (Wildman–Crippen MR) is 62.0 cm³/mol. The first-order valence-corrected chi connectivity index (χ1v) is 6.35. The van der Waals surface area contributed by atoms with E-state index in [0.29, 0.717) is 11.5 Å². The molecular weight excluding hydrogens is 194 g/mol. The minimum absolute atomic E-state index is 0.563. The van der Waals surface area contributed by atoms with E-state index in [1.807, 2.05) is 0 Å². The molecule has 1 atom stereocenters. The summed E-state index contributed by atoms with van der Waals surface area (Å²) in [4.78, 5) is 2.62. The molecule has 1 saturated heterocycles. The summed E-state index contributed by atoms with van der Waals surface area (Å²) >= 11 is 4.46. The average molecular weight is 215 g/mol. The molecule has 0 radical (unpaired) electrons. The number of nitrogens with zero attached hydrogens (tertiary/aromatic N) is 1. The van der Waals surface area contributed by atoms with Crippen molar-refractivity contribution in [1.29, 1.82) is 0 Å². The second kappa shape index (κ2) is 4.42. The summed E-state index contributed by atoms with van der Waals surface area (Å²) in [6, 6.07) is 0.654. The van der Waals surface area contributed by atoms with Gasteiger partial charge in [-0.05, 0) is 30.4 Å². The largest absolute Gasteiger partial charge is 0.378 e. The van der Waals surface area contributed by atoms with Gasteiger partial charge < -0.3 is 4.74 Å². The van der Waals surface area contributed by atoms with E-state index in [2.05, 4.69) is 24.5 Å². The summed E-state index contributed by atoms with van der Waals surface area (Å²) in [5, 5.41) is 0. The SMILES string of the molecule is CCC1COCCN1CC1(CS)CC1. The van der Waals surface area contributed by atoms with Crippen LogP contribution in [0.3, 0.4) is 0 Å².